The molecule has 7 nitrogen and oxygen atoms in total. The van der Waals surface area contributed by atoms with Crippen LogP contribution in [0, 0.1) is 5.92 Å². The Morgan fingerprint density at radius 1 is 1.04 bits per heavy atom. The first-order valence-electron chi connectivity index (χ1n) is 8.47. The molecule has 0 saturated heterocycles. The fraction of sp³-hybridized carbons (Fsp3) is 0.263. The van der Waals surface area contributed by atoms with E-state index < -0.39 is 21.9 Å². The largest absolute Gasteiger partial charge is 0.481 e. The molecule has 0 aliphatic heterocycles. The van der Waals surface area contributed by atoms with E-state index in [4.69, 9.17) is 5.11 Å². The fourth-order valence-corrected chi connectivity index (χ4v) is 4.11. The summed E-state index contributed by atoms with van der Waals surface area (Å²) in [5.41, 5.74) is 0.868. The Kier molecular flexibility index (Phi) is 5.18. The van der Waals surface area contributed by atoms with Gasteiger partial charge in [-0.3, -0.25) is 13.9 Å². The number of nitrogens with zero attached hydrogens (tertiary/aromatic N) is 1. The topological polar surface area (TPSA) is 104 Å². The summed E-state index contributed by atoms with van der Waals surface area (Å²) in [5.74, 6) is -1.60. The minimum Gasteiger partial charge on any atom is -0.481 e. The molecule has 2 N–H and O–H groups in total. The zero-order valence-corrected chi connectivity index (χ0v) is 15.5. The van der Waals surface area contributed by atoms with E-state index in [2.05, 4.69) is 5.32 Å². The number of para-hydroxylation sites is 1. The molecule has 0 atom stereocenters. The first kappa shape index (κ1) is 18.9. The van der Waals surface area contributed by atoms with Crippen LogP contribution in [-0.2, 0) is 14.8 Å². The van der Waals surface area contributed by atoms with Crippen LogP contribution >= 0.6 is 0 Å². The SMILES string of the molecule is CN(c1ccccc1)S(=O)(=O)c1ccc(C(=O)NC2CC(C(=O)O)C2)cc1. The third kappa shape index (κ3) is 3.95. The molecule has 3 rings (SSSR count). The van der Waals surface area contributed by atoms with E-state index in [1.165, 1.54) is 35.6 Å². The third-order valence-corrected chi connectivity index (χ3v) is 6.52. The Morgan fingerprint density at radius 3 is 2.19 bits per heavy atom. The minimum absolute atomic E-state index is 0.0833. The Bertz CT molecular complexity index is 936. The highest BCUT2D eigenvalue weighted by Crippen LogP contribution is 2.28. The number of anilines is 1. The second-order valence-electron chi connectivity index (χ2n) is 6.51. The summed E-state index contributed by atoms with van der Waals surface area (Å²) in [6.45, 7) is 0. The fourth-order valence-electron chi connectivity index (χ4n) is 2.92. The van der Waals surface area contributed by atoms with Crippen molar-refractivity contribution in [1.82, 2.24) is 5.32 Å². The molecule has 1 fully saturated rings. The van der Waals surface area contributed by atoms with Crippen molar-refractivity contribution < 1.29 is 23.1 Å². The molecule has 142 valence electrons. The second kappa shape index (κ2) is 7.40. The lowest BCUT2D eigenvalue weighted by Gasteiger charge is -2.32. The number of aliphatic carboxylic acids is 1. The number of nitrogens with one attached hydrogen (secondary N) is 1. The molecule has 1 aliphatic carbocycles. The maximum atomic E-state index is 12.7. The van der Waals surface area contributed by atoms with E-state index in [0.29, 0.717) is 24.1 Å². The number of carboxylic acids is 1. The number of hydrogen-bond acceptors (Lipinski definition) is 4. The average Bonchev–Trinajstić information content (AvgIpc) is 2.64. The van der Waals surface area contributed by atoms with E-state index >= 15 is 0 Å². The highest BCUT2D eigenvalue weighted by atomic mass is 32.2. The molecule has 2 aromatic rings. The van der Waals surface area contributed by atoms with Crippen LogP contribution in [0.5, 0.6) is 0 Å². The molecule has 27 heavy (non-hydrogen) atoms. The third-order valence-electron chi connectivity index (χ3n) is 4.72. The summed E-state index contributed by atoms with van der Waals surface area (Å²) >= 11 is 0. The van der Waals surface area contributed by atoms with Crippen LogP contribution in [0.25, 0.3) is 0 Å². The quantitative estimate of drug-likeness (QED) is 0.789. The standard InChI is InChI=1S/C19H20N2O5S/c1-21(16-5-3-2-4-6-16)27(25,26)17-9-7-13(8-10-17)18(22)20-15-11-14(12-15)19(23)24/h2-10,14-15H,11-12H2,1H3,(H,20,22)(H,23,24). The highest BCUT2D eigenvalue weighted by molar-refractivity contribution is 7.92. The van der Waals surface area contributed by atoms with E-state index in [-0.39, 0.29) is 16.8 Å². The van der Waals surface area contributed by atoms with E-state index in [1.54, 1.807) is 30.3 Å². The van der Waals surface area contributed by atoms with Crippen molar-refractivity contribution in [3.05, 3.63) is 60.2 Å². The van der Waals surface area contributed by atoms with Gasteiger partial charge in [0.1, 0.15) is 0 Å². The summed E-state index contributed by atoms with van der Waals surface area (Å²) in [6.07, 6.45) is 0.824. The molecule has 8 heteroatoms. The van der Waals surface area contributed by atoms with Crippen LogP contribution in [0.15, 0.2) is 59.5 Å². The van der Waals surface area contributed by atoms with Crippen LogP contribution in [0.3, 0.4) is 0 Å². The van der Waals surface area contributed by atoms with Gasteiger partial charge in [0.05, 0.1) is 16.5 Å². The van der Waals surface area contributed by atoms with Gasteiger partial charge in [-0.2, -0.15) is 0 Å². The van der Waals surface area contributed by atoms with E-state index in [9.17, 15) is 18.0 Å². The number of carbonyl (C=O) groups excluding carboxylic acids is 1. The Labute approximate surface area is 157 Å². The molecular formula is C19H20N2O5S. The van der Waals surface area contributed by atoms with Crippen molar-refractivity contribution in [2.45, 2.75) is 23.8 Å². The summed E-state index contributed by atoms with van der Waals surface area (Å²) in [5, 5.41) is 11.6. The van der Waals surface area contributed by atoms with Gasteiger partial charge in [-0.25, -0.2) is 8.42 Å². The lowest BCUT2D eigenvalue weighted by atomic mass is 9.80. The van der Waals surface area contributed by atoms with Gasteiger partial charge in [0.2, 0.25) is 0 Å². The number of amides is 1. The van der Waals surface area contributed by atoms with Crippen molar-refractivity contribution in [3.63, 3.8) is 0 Å². The van der Waals surface area contributed by atoms with Crippen molar-refractivity contribution in [1.29, 1.82) is 0 Å². The molecule has 0 radical (unpaired) electrons. The molecule has 0 aromatic heterocycles. The van der Waals surface area contributed by atoms with Gasteiger partial charge in [-0.1, -0.05) is 18.2 Å². The van der Waals surface area contributed by atoms with Crippen LogP contribution in [-0.4, -0.2) is 38.5 Å². The number of benzene rings is 2. The normalized spacial score (nSPS) is 19.0. The van der Waals surface area contributed by atoms with Crippen molar-refractivity contribution in [2.24, 2.45) is 5.92 Å². The average molecular weight is 388 g/mol. The molecule has 0 unspecified atom stereocenters. The summed E-state index contributed by atoms with van der Waals surface area (Å²) < 4.78 is 26.6. The second-order valence-corrected chi connectivity index (χ2v) is 8.48. The summed E-state index contributed by atoms with van der Waals surface area (Å²) in [7, 11) is -2.26. The number of carbonyl (C=O) groups is 2. The number of carboxylic acid groups (broad SMARTS) is 1. The van der Waals surface area contributed by atoms with Crippen molar-refractivity contribution >= 4 is 27.6 Å². The molecule has 0 bridgehead atoms. The van der Waals surface area contributed by atoms with Crippen LogP contribution in [0.1, 0.15) is 23.2 Å². The van der Waals surface area contributed by atoms with Gasteiger partial charge in [-0.05, 0) is 49.2 Å². The zero-order valence-electron chi connectivity index (χ0n) is 14.7. The predicted octanol–water partition coefficient (Wildman–Crippen LogP) is 2.10. The number of hydrogen-bond donors (Lipinski definition) is 2. The molecule has 2 aromatic carbocycles. The molecule has 0 spiro atoms. The first-order valence-corrected chi connectivity index (χ1v) is 9.91. The lowest BCUT2D eigenvalue weighted by molar-refractivity contribution is -0.145. The first-order chi connectivity index (χ1) is 12.8. The van der Waals surface area contributed by atoms with E-state index in [1.807, 2.05) is 0 Å². The van der Waals surface area contributed by atoms with Gasteiger partial charge >= 0.3 is 5.97 Å². The Hall–Kier alpha value is -2.87. The highest BCUT2D eigenvalue weighted by Gasteiger charge is 2.35. The molecule has 1 saturated carbocycles. The Morgan fingerprint density at radius 2 is 1.63 bits per heavy atom. The van der Waals surface area contributed by atoms with Crippen molar-refractivity contribution in [3.8, 4) is 0 Å². The van der Waals surface area contributed by atoms with Crippen LogP contribution < -0.4 is 9.62 Å². The molecule has 0 heterocycles. The van der Waals surface area contributed by atoms with Crippen LogP contribution in [0.2, 0.25) is 0 Å². The number of sulfonamides is 1. The lowest BCUT2D eigenvalue weighted by Crippen LogP contribution is -2.46. The van der Waals surface area contributed by atoms with Gasteiger partial charge < -0.3 is 10.4 Å². The molecule has 1 aliphatic rings. The van der Waals surface area contributed by atoms with Gasteiger partial charge in [0.15, 0.2) is 0 Å². The predicted molar refractivity (Wildman–Crippen MR) is 100 cm³/mol. The molecular weight excluding hydrogens is 368 g/mol. The zero-order chi connectivity index (χ0) is 19.6. The smallest absolute Gasteiger partial charge is 0.306 e. The monoisotopic (exact) mass is 388 g/mol. The van der Waals surface area contributed by atoms with Crippen LogP contribution in [0.4, 0.5) is 5.69 Å². The maximum Gasteiger partial charge on any atom is 0.306 e. The number of rotatable bonds is 6. The van der Waals surface area contributed by atoms with Gasteiger partial charge in [-0.15, -0.1) is 0 Å². The minimum atomic E-state index is -3.73. The van der Waals surface area contributed by atoms with Gasteiger partial charge in [0.25, 0.3) is 15.9 Å². The van der Waals surface area contributed by atoms with Crippen molar-refractivity contribution in [2.75, 3.05) is 11.4 Å². The Balaban J connectivity index is 1.68. The maximum absolute atomic E-state index is 12.7. The van der Waals surface area contributed by atoms with Gasteiger partial charge in [0, 0.05) is 18.7 Å². The summed E-state index contributed by atoms with van der Waals surface area (Å²) in [4.78, 5) is 23.1. The molecule has 1 amide bonds. The van der Waals surface area contributed by atoms with E-state index in [0.717, 1.165) is 0 Å². The summed E-state index contributed by atoms with van der Waals surface area (Å²) in [6, 6.07) is 14.2.